The van der Waals surface area contributed by atoms with Gasteiger partial charge in [0.2, 0.25) is 0 Å². The largest absolute Gasteiger partial charge is 0.444 e. The van der Waals surface area contributed by atoms with Crippen molar-refractivity contribution in [3.05, 3.63) is 34.1 Å². The Morgan fingerprint density at radius 3 is 2.71 bits per heavy atom. The molecule has 116 valence electrons. The lowest BCUT2D eigenvalue weighted by Gasteiger charge is -2.22. The van der Waals surface area contributed by atoms with Crippen molar-refractivity contribution < 1.29 is 13.9 Å². The Bertz CT molecular complexity index is 527. The molecule has 1 amide bonds. The smallest absolute Gasteiger partial charge is 0.408 e. The summed E-state index contributed by atoms with van der Waals surface area (Å²) in [6.45, 7) is 5.34. The summed E-state index contributed by atoms with van der Waals surface area (Å²) < 4.78 is 19.7. The van der Waals surface area contributed by atoms with Gasteiger partial charge in [-0.2, -0.15) is 0 Å². The molecule has 0 bridgehead atoms. The third-order valence-electron chi connectivity index (χ3n) is 2.49. The van der Waals surface area contributed by atoms with E-state index in [1.807, 2.05) is 0 Å². The summed E-state index contributed by atoms with van der Waals surface area (Å²) >= 11 is 3.21. The minimum Gasteiger partial charge on any atom is -0.444 e. The van der Waals surface area contributed by atoms with Gasteiger partial charge < -0.3 is 10.1 Å². The zero-order chi connectivity index (χ0) is 16.0. The lowest BCUT2D eigenvalue weighted by Crippen LogP contribution is -2.41. The average molecular weight is 359 g/mol. The molecule has 1 aromatic rings. The monoisotopic (exact) mass is 358 g/mol. The summed E-state index contributed by atoms with van der Waals surface area (Å²) in [4.78, 5) is 15.7. The van der Waals surface area contributed by atoms with Gasteiger partial charge in [0.1, 0.15) is 11.4 Å². The van der Waals surface area contributed by atoms with Gasteiger partial charge in [-0.25, -0.2) is 9.18 Å². The van der Waals surface area contributed by atoms with E-state index in [1.165, 1.54) is 6.07 Å². The molecule has 0 aromatic heterocycles. The van der Waals surface area contributed by atoms with Gasteiger partial charge in [-0.05, 0) is 38.5 Å². The topological polar surface area (TPSA) is 50.7 Å². The highest BCUT2D eigenvalue weighted by molar-refractivity contribution is 9.10. The predicted molar refractivity (Wildman–Crippen MR) is 85.4 cm³/mol. The molecular formula is C15H20BrFN2O2. The van der Waals surface area contributed by atoms with E-state index >= 15 is 0 Å². The van der Waals surface area contributed by atoms with Crippen LogP contribution in [-0.4, -0.2) is 31.0 Å². The van der Waals surface area contributed by atoms with Crippen LogP contribution in [-0.2, 0) is 11.2 Å². The minimum absolute atomic E-state index is 0.301. The molecule has 1 atom stereocenters. The van der Waals surface area contributed by atoms with E-state index in [2.05, 4.69) is 26.2 Å². The van der Waals surface area contributed by atoms with E-state index in [9.17, 15) is 9.18 Å². The molecule has 0 aliphatic heterocycles. The van der Waals surface area contributed by atoms with E-state index in [0.717, 1.165) is 0 Å². The number of nitrogens with one attached hydrogen (secondary N) is 1. The maximum Gasteiger partial charge on any atom is 0.408 e. The Kier molecular flexibility index (Phi) is 6.33. The van der Waals surface area contributed by atoms with Gasteiger partial charge in [0, 0.05) is 24.2 Å². The van der Waals surface area contributed by atoms with Crippen molar-refractivity contribution in [1.82, 2.24) is 5.32 Å². The number of amides is 1. The molecule has 21 heavy (non-hydrogen) atoms. The predicted octanol–water partition coefficient (Wildman–Crippen LogP) is 3.72. The van der Waals surface area contributed by atoms with Crippen LogP contribution in [0.25, 0.3) is 0 Å². The van der Waals surface area contributed by atoms with Crippen LogP contribution in [0, 0.1) is 5.82 Å². The highest BCUT2D eigenvalue weighted by atomic mass is 79.9. The molecule has 1 N–H and O–H groups in total. The Hall–Kier alpha value is -1.43. The SMILES string of the molecule is CN=C[C@H](Cc1ccc(Br)cc1F)NC(=O)OC(C)(C)C. The van der Waals surface area contributed by atoms with E-state index in [-0.39, 0.29) is 5.82 Å². The maximum absolute atomic E-state index is 13.8. The van der Waals surface area contributed by atoms with Crippen molar-refractivity contribution in [1.29, 1.82) is 0 Å². The molecule has 1 rings (SSSR count). The number of hydrogen-bond acceptors (Lipinski definition) is 3. The average Bonchev–Trinajstić information content (AvgIpc) is 2.30. The molecule has 0 radical (unpaired) electrons. The summed E-state index contributed by atoms with van der Waals surface area (Å²) in [6.07, 6.45) is 1.31. The molecule has 0 heterocycles. The van der Waals surface area contributed by atoms with Gasteiger partial charge in [-0.15, -0.1) is 0 Å². The van der Waals surface area contributed by atoms with Crippen molar-refractivity contribution in [2.45, 2.75) is 38.8 Å². The number of halogens is 2. The molecule has 6 heteroatoms. The van der Waals surface area contributed by atoms with Crippen molar-refractivity contribution in [3.63, 3.8) is 0 Å². The number of ether oxygens (including phenoxy) is 1. The van der Waals surface area contributed by atoms with Crippen LogP contribution < -0.4 is 5.32 Å². The van der Waals surface area contributed by atoms with Crippen molar-refractivity contribution in [2.75, 3.05) is 7.05 Å². The number of hydrogen-bond donors (Lipinski definition) is 1. The number of carbonyl (C=O) groups is 1. The molecule has 4 nitrogen and oxygen atoms in total. The van der Waals surface area contributed by atoms with Gasteiger partial charge in [0.25, 0.3) is 0 Å². The number of rotatable bonds is 4. The molecule has 0 unspecified atom stereocenters. The standard InChI is InChI=1S/C15H20BrFN2O2/c1-15(2,3)21-14(20)19-12(9-18-4)7-10-5-6-11(16)8-13(10)17/h5-6,8-9,12H,7H2,1-4H3,(H,19,20)/t12-/m0/s1. The lowest BCUT2D eigenvalue weighted by molar-refractivity contribution is 0.0519. The van der Waals surface area contributed by atoms with Gasteiger partial charge in [0.05, 0.1) is 6.04 Å². The Balaban J connectivity index is 2.76. The van der Waals surface area contributed by atoms with Crippen LogP contribution in [0.5, 0.6) is 0 Å². The van der Waals surface area contributed by atoms with E-state index in [0.29, 0.717) is 16.5 Å². The number of nitrogens with zero attached hydrogens (tertiary/aromatic N) is 1. The van der Waals surface area contributed by atoms with Crippen LogP contribution in [0.3, 0.4) is 0 Å². The second-order valence-electron chi connectivity index (χ2n) is 5.60. The highest BCUT2D eigenvalue weighted by Crippen LogP contribution is 2.16. The third kappa shape index (κ3) is 6.71. The van der Waals surface area contributed by atoms with E-state index < -0.39 is 17.7 Å². The summed E-state index contributed by atoms with van der Waals surface area (Å²) in [5, 5.41) is 2.68. The maximum atomic E-state index is 13.8. The van der Waals surface area contributed by atoms with Crippen LogP contribution >= 0.6 is 15.9 Å². The number of carbonyl (C=O) groups excluding carboxylic acids is 1. The van der Waals surface area contributed by atoms with Crippen LogP contribution in [0.1, 0.15) is 26.3 Å². The van der Waals surface area contributed by atoms with Gasteiger partial charge in [-0.3, -0.25) is 4.99 Å². The molecule has 0 saturated heterocycles. The second kappa shape index (κ2) is 7.54. The van der Waals surface area contributed by atoms with Crippen LogP contribution in [0.4, 0.5) is 9.18 Å². The Morgan fingerprint density at radius 2 is 2.19 bits per heavy atom. The molecule has 0 aliphatic rings. The fraction of sp³-hybridized carbons (Fsp3) is 0.467. The van der Waals surface area contributed by atoms with Crippen molar-refractivity contribution >= 4 is 28.2 Å². The minimum atomic E-state index is -0.582. The molecule has 0 saturated carbocycles. The van der Waals surface area contributed by atoms with E-state index in [4.69, 9.17) is 4.74 Å². The second-order valence-corrected chi connectivity index (χ2v) is 6.52. The summed E-state index contributed by atoms with van der Waals surface area (Å²) in [7, 11) is 1.60. The van der Waals surface area contributed by atoms with Gasteiger partial charge >= 0.3 is 6.09 Å². The number of benzene rings is 1. The Morgan fingerprint density at radius 1 is 1.52 bits per heavy atom. The summed E-state index contributed by atoms with van der Waals surface area (Å²) in [5.41, 5.74) is -0.0833. The molecule has 0 fully saturated rings. The third-order valence-corrected chi connectivity index (χ3v) is 2.98. The first kappa shape index (κ1) is 17.6. The van der Waals surface area contributed by atoms with Crippen LogP contribution in [0.2, 0.25) is 0 Å². The van der Waals surface area contributed by atoms with Crippen molar-refractivity contribution in [2.24, 2.45) is 4.99 Å². The van der Waals surface area contributed by atoms with Crippen LogP contribution in [0.15, 0.2) is 27.7 Å². The van der Waals surface area contributed by atoms with E-state index in [1.54, 1.807) is 46.2 Å². The lowest BCUT2D eigenvalue weighted by atomic mass is 10.1. The quantitative estimate of drug-likeness (QED) is 0.833. The number of aliphatic imine (C=N–C) groups is 1. The molecule has 0 aliphatic carbocycles. The summed E-state index contributed by atoms with van der Waals surface area (Å²) in [5.74, 6) is -0.329. The zero-order valence-electron chi connectivity index (χ0n) is 12.6. The normalized spacial score (nSPS) is 13.2. The molecule has 1 aromatic carbocycles. The zero-order valence-corrected chi connectivity index (χ0v) is 14.2. The van der Waals surface area contributed by atoms with Crippen molar-refractivity contribution in [3.8, 4) is 0 Å². The summed E-state index contributed by atoms with van der Waals surface area (Å²) in [6, 6.07) is 4.39. The van der Waals surface area contributed by atoms with Gasteiger partial charge in [0.15, 0.2) is 0 Å². The number of alkyl carbamates (subject to hydrolysis) is 1. The first-order valence-electron chi connectivity index (χ1n) is 6.57. The highest BCUT2D eigenvalue weighted by Gasteiger charge is 2.19. The fourth-order valence-electron chi connectivity index (χ4n) is 1.70. The first-order valence-corrected chi connectivity index (χ1v) is 7.36. The fourth-order valence-corrected chi connectivity index (χ4v) is 2.04. The van der Waals surface area contributed by atoms with Gasteiger partial charge in [-0.1, -0.05) is 22.0 Å². The molecule has 0 spiro atoms. The molecular weight excluding hydrogens is 339 g/mol. The Labute approximate surface area is 132 Å². The first-order chi connectivity index (χ1) is 9.71.